The van der Waals surface area contributed by atoms with Crippen LogP contribution in [0.4, 0.5) is 17.6 Å². The van der Waals surface area contributed by atoms with E-state index >= 15 is 0 Å². The second kappa shape index (κ2) is 11.5. The lowest BCUT2D eigenvalue weighted by Gasteiger charge is -2.47. The normalized spacial score (nSPS) is 20.1. The standard InChI is InChI=1S/C32H32F4N6O4S/c1-30(2,44)19-41(47(45,46)28-11-13-40(3)39-28)25-7-4-21-15-27-20(18-38-42(27)24-8-5-23(33)6-9-24)16-31(21,17-25)29(43)26-14-22(10-12-37-26)32(34,35)36/h5-6,8-15,18,25,44H,4,7,16-17,19H2,1-3H3/t25-,31-/m0/s1. The molecule has 3 aromatic heterocycles. The van der Waals surface area contributed by atoms with Gasteiger partial charge in [0.2, 0.25) is 0 Å². The number of sulfonamides is 1. The number of allylic oxidation sites excluding steroid dienone is 1. The number of benzene rings is 1. The summed E-state index contributed by atoms with van der Waals surface area (Å²) < 4.78 is 87.0. The molecule has 2 aliphatic rings. The summed E-state index contributed by atoms with van der Waals surface area (Å²) in [6, 6.07) is 7.68. The molecule has 6 rings (SSSR count). The third-order valence-electron chi connectivity index (χ3n) is 8.67. The van der Waals surface area contributed by atoms with Crippen LogP contribution in [0.15, 0.2) is 71.7 Å². The van der Waals surface area contributed by atoms with Crippen LogP contribution in [-0.2, 0) is 29.7 Å². The van der Waals surface area contributed by atoms with Gasteiger partial charge in [-0.15, -0.1) is 0 Å². The number of carbonyl (C=O) groups excluding carboxylic acids is 1. The Morgan fingerprint density at radius 2 is 1.87 bits per heavy atom. The molecule has 0 saturated heterocycles. The lowest BCUT2D eigenvalue weighted by Crippen LogP contribution is -2.53. The summed E-state index contributed by atoms with van der Waals surface area (Å²) in [6.07, 6.45) is 1.36. The Morgan fingerprint density at radius 1 is 1.15 bits per heavy atom. The summed E-state index contributed by atoms with van der Waals surface area (Å²) in [7, 11) is -2.72. The first-order valence-corrected chi connectivity index (χ1v) is 16.3. The zero-order valence-electron chi connectivity index (χ0n) is 25.7. The SMILES string of the molecule is Cn1ccc(S(=O)(=O)N(CC(C)(C)O)[C@H]2CCC3=Cc4c(cnn4-c4ccc(F)cc4)C[C@]3(C(=O)c3cc(C(F)(F)F)ccn3)C2)n1. The highest BCUT2D eigenvalue weighted by molar-refractivity contribution is 7.89. The summed E-state index contributed by atoms with van der Waals surface area (Å²) in [6.45, 7) is 2.61. The molecule has 0 spiro atoms. The van der Waals surface area contributed by atoms with E-state index in [-0.39, 0.29) is 37.3 Å². The van der Waals surface area contributed by atoms with Crippen LogP contribution in [0.2, 0.25) is 0 Å². The zero-order valence-corrected chi connectivity index (χ0v) is 26.6. The van der Waals surface area contributed by atoms with E-state index in [1.807, 2.05) is 0 Å². The van der Waals surface area contributed by atoms with Crippen LogP contribution in [0.3, 0.4) is 0 Å². The average Bonchev–Trinajstić information content (AvgIpc) is 3.64. The number of nitrogens with zero attached hydrogens (tertiary/aromatic N) is 6. The number of ketones is 1. The van der Waals surface area contributed by atoms with E-state index in [0.717, 1.165) is 22.6 Å². The molecule has 4 aromatic rings. The van der Waals surface area contributed by atoms with E-state index < -0.39 is 56.1 Å². The van der Waals surface area contributed by atoms with Crippen LogP contribution in [-0.4, -0.2) is 66.3 Å². The smallest absolute Gasteiger partial charge is 0.389 e. The Labute approximate surface area is 268 Å². The third-order valence-corrected chi connectivity index (χ3v) is 10.5. The van der Waals surface area contributed by atoms with Crippen molar-refractivity contribution in [3.8, 4) is 5.69 Å². The monoisotopic (exact) mass is 672 g/mol. The average molecular weight is 673 g/mol. The number of fused-ring (bicyclic) bond motifs is 2. The van der Waals surface area contributed by atoms with Crippen molar-refractivity contribution < 1.29 is 35.9 Å². The Morgan fingerprint density at radius 3 is 2.51 bits per heavy atom. The molecule has 0 bridgehead atoms. The van der Waals surface area contributed by atoms with Crippen molar-refractivity contribution in [2.75, 3.05) is 6.54 Å². The number of aliphatic hydroxyl groups is 1. The van der Waals surface area contributed by atoms with Gasteiger partial charge < -0.3 is 5.11 Å². The van der Waals surface area contributed by atoms with Gasteiger partial charge >= 0.3 is 6.18 Å². The molecule has 3 heterocycles. The molecule has 2 atom stereocenters. The number of hydrogen-bond acceptors (Lipinski definition) is 7. The number of aryl methyl sites for hydroxylation is 1. The molecule has 15 heteroatoms. The highest BCUT2D eigenvalue weighted by Gasteiger charge is 2.52. The van der Waals surface area contributed by atoms with Crippen molar-refractivity contribution in [1.29, 1.82) is 0 Å². The first-order chi connectivity index (χ1) is 22.0. The van der Waals surface area contributed by atoms with Gasteiger partial charge in [0.1, 0.15) is 11.5 Å². The molecule has 248 valence electrons. The van der Waals surface area contributed by atoms with Crippen LogP contribution in [0.5, 0.6) is 0 Å². The van der Waals surface area contributed by atoms with Gasteiger partial charge in [0.05, 0.1) is 34.2 Å². The molecule has 0 amide bonds. The van der Waals surface area contributed by atoms with E-state index in [0.29, 0.717) is 22.5 Å². The number of Topliss-reactive ketones (excluding diaryl/α,β-unsaturated/α-hetero) is 1. The summed E-state index contributed by atoms with van der Waals surface area (Å²) in [5.74, 6) is -1.11. The number of alkyl halides is 3. The highest BCUT2D eigenvalue weighted by Crippen LogP contribution is 2.51. The van der Waals surface area contributed by atoms with Crippen LogP contribution < -0.4 is 0 Å². The molecule has 2 aliphatic carbocycles. The summed E-state index contributed by atoms with van der Waals surface area (Å²) in [4.78, 5) is 18.6. The molecule has 47 heavy (non-hydrogen) atoms. The largest absolute Gasteiger partial charge is 0.416 e. The molecule has 1 aromatic carbocycles. The maximum atomic E-state index is 14.6. The minimum absolute atomic E-state index is 0.00259. The van der Waals surface area contributed by atoms with Gasteiger partial charge in [0.25, 0.3) is 10.0 Å². The van der Waals surface area contributed by atoms with Gasteiger partial charge in [-0.1, -0.05) is 5.57 Å². The van der Waals surface area contributed by atoms with E-state index in [4.69, 9.17) is 0 Å². The van der Waals surface area contributed by atoms with Crippen LogP contribution >= 0.6 is 0 Å². The van der Waals surface area contributed by atoms with Gasteiger partial charge in [0, 0.05) is 32.0 Å². The van der Waals surface area contributed by atoms with Gasteiger partial charge in [-0.3, -0.25) is 14.5 Å². The molecule has 1 N–H and O–H groups in total. The fourth-order valence-electron chi connectivity index (χ4n) is 6.54. The van der Waals surface area contributed by atoms with E-state index in [1.165, 1.54) is 42.9 Å². The highest BCUT2D eigenvalue weighted by atomic mass is 32.2. The fourth-order valence-corrected chi connectivity index (χ4v) is 8.30. The molecule has 0 radical (unpaired) electrons. The Balaban J connectivity index is 1.48. The number of hydrogen-bond donors (Lipinski definition) is 1. The van der Waals surface area contributed by atoms with Gasteiger partial charge in [-0.2, -0.15) is 27.7 Å². The van der Waals surface area contributed by atoms with Crippen molar-refractivity contribution in [2.24, 2.45) is 12.5 Å². The first-order valence-electron chi connectivity index (χ1n) is 14.8. The number of carbonyl (C=O) groups is 1. The quantitative estimate of drug-likeness (QED) is 0.207. The second-order valence-corrected chi connectivity index (χ2v) is 14.6. The Bertz CT molecular complexity index is 1980. The van der Waals surface area contributed by atoms with E-state index in [2.05, 4.69) is 15.2 Å². The van der Waals surface area contributed by atoms with Gasteiger partial charge in [-0.25, -0.2) is 17.5 Å². The third kappa shape index (κ3) is 6.14. The molecule has 10 nitrogen and oxygen atoms in total. The molecule has 0 aliphatic heterocycles. The van der Waals surface area contributed by atoms with E-state index in [1.54, 1.807) is 36.1 Å². The van der Waals surface area contributed by atoms with Crippen LogP contribution in [0.1, 0.15) is 60.4 Å². The van der Waals surface area contributed by atoms with Crippen molar-refractivity contribution in [3.63, 3.8) is 0 Å². The number of rotatable bonds is 8. The van der Waals surface area contributed by atoms with Gasteiger partial charge in [0.15, 0.2) is 10.8 Å². The molecule has 0 unspecified atom stereocenters. The predicted octanol–water partition coefficient (Wildman–Crippen LogP) is 4.98. The van der Waals surface area contributed by atoms with Crippen molar-refractivity contribution >= 4 is 21.9 Å². The molecule has 1 fully saturated rings. The maximum Gasteiger partial charge on any atom is 0.416 e. The van der Waals surface area contributed by atoms with E-state index in [9.17, 15) is 35.9 Å². The first kappa shape index (κ1) is 32.7. The van der Waals surface area contributed by atoms with Crippen LogP contribution in [0.25, 0.3) is 11.8 Å². The van der Waals surface area contributed by atoms with Crippen molar-refractivity contribution in [3.05, 3.63) is 95.0 Å². The molecular weight excluding hydrogens is 640 g/mol. The summed E-state index contributed by atoms with van der Waals surface area (Å²) in [5.41, 5.74) is -2.02. The maximum absolute atomic E-state index is 14.6. The molecule has 1 saturated carbocycles. The molecular formula is C32H32F4N6O4S. The summed E-state index contributed by atoms with van der Waals surface area (Å²) in [5, 5.41) is 19.1. The number of aromatic nitrogens is 5. The predicted molar refractivity (Wildman–Crippen MR) is 162 cm³/mol. The topological polar surface area (TPSA) is 123 Å². The Hall–Kier alpha value is -4.21. The number of pyridine rings is 1. The van der Waals surface area contributed by atoms with Gasteiger partial charge in [-0.05, 0) is 93.6 Å². The zero-order chi connectivity index (χ0) is 33.9. The lowest BCUT2D eigenvalue weighted by atomic mass is 9.60. The van der Waals surface area contributed by atoms with Crippen molar-refractivity contribution in [2.45, 2.75) is 62.4 Å². The fraction of sp³-hybridized carbons (Fsp3) is 0.375. The van der Waals surface area contributed by atoms with Crippen LogP contribution in [0, 0.1) is 11.2 Å². The number of halogens is 4. The summed E-state index contributed by atoms with van der Waals surface area (Å²) >= 11 is 0. The second-order valence-electron chi connectivity index (χ2n) is 12.7. The van der Waals surface area contributed by atoms with Crippen molar-refractivity contribution in [1.82, 2.24) is 28.9 Å². The lowest BCUT2D eigenvalue weighted by molar-refractivity contribution is -0.137. The minimum Gasteiger partial charge on any atom is -0.389 e. The minimum atomic E-state index is -4.72. The Kier molecular flexibility index (Phi) is 8.00.